The molecule has 0 amide bonds. The molecule has 20 heavy (non-hydrogen) atoms. The molecule has 0 aliphatic carbocycles. The summed E-state index contributed by atoms with van der Waals surface area (Å²) in [6.45, 7) is 2.92. The van der Waals surface area contributed by atoms with Gasteiger partial charge in [0.1, 0.15) is 5.75 Å². The number of nitrogens with zero attached hydrogens (tertiary/aromatic N) is 1. The molecule has 1 aromatic heterocycles. The van der Waals surface area contributed by atoms with Gasteiger partial charge in [-0.25, -0.2) is 0 Å². The number of hydrogen-bond acceptors (Lipinski definition) is 3. The zero-order valence-electron chi connectivity index (χ0n) is 11.4. The van der Waals surface area contributed by atoms with Crippen LogP contribution in [0.4, 0.5) is 0 Å². The molecule has 0 radical (unpaired) electrons. The molecule has 2 rings (SSSR count). The smallest absolute Gasteiger partial charge is 0.137 e. The molecule has 1 N–H and O–H groups in total. The second kappa shape index (κ2) is 7.07. The molecular weight excluding hydrogens is 340 g/mol. The topological polar surface area (TPSA) is 34.2 Å². The highest BCUT2D eigenvalue weighted by atomic mass is 79.9. The van der Waals surface area contributed by atoms with Crippen molar-refractivity contribution in [2.24, 2.45) is 0 Å². The number of rotatable bonds is 5. The summed E-state index contributed by atoms with van der Waals surface area (Å²) in [4.78, 5) is 4.22. The first-order valence-electron chi connectivity index (χ1n) is 6.33. The van der Waals surface area contributed by atoms with E-state index in [2.05, 4.69) is 39.2 Å². The van der Waals surface area contributed by atoms with Gasteiger partial charge in [0, 0.05) is 16.9 Å². The Labute approximate surface area is 132 Å². The quantitative estimate of drug-likeness (QED) is 0.872. The molecule has 0 saturated carbocycles. The van der Waals surface area contributed by atoms with E-state index in [1.165, 1.54) is 0 Å². The van der Waals surface area contributed by atoms with Crippen LogP contribution in [0.3, 0.4) is 0 Å². The van der Waals surface area contributed by atoms with Gasteiger partial charge in [-0.05, 0) is 51.8 Å². The number of benzene rings is 1. The van der Waals surface area contributed by atoms with Gasteiger partial charge in [-0.15, -0.1) is 0 Å². The van der Waals surface area contributed by atoms with Crippen molar-refractivity contribution in [2.75, 3.05) is 13.7 Å². The summed E-state index contributed by atoms with van der Waals surface area (Å²) in [5.41, 5.74) is 2.17. The first kappa shape index (κ1) is 15.3. The van der Waals surface area contributed by atoms with Crippen molar-refractivity contribution in [2.45, 2.75) is 13.0 Å². The number of halogens is 2. The van der Waals surface area contributed by atoms with Crippen LogP contribution in [0.5, 0.6) is 5.75 Å². The number of ether oxygens (including phenoxy) is 1. The monoisotopic (exact) mass is 354 g/mol. The first-order valence-corrected chi connectivity index (χ1v) is 7.50. The van der Waals surface area contributed by atoms with Crippen LogP contribution in [-0.4, -0.2) is 18.6 Å². The third kappa shape index (κ3) is 3.51. The SMILES string of the molecule is CCNC(c1cncc(Br)c1)c1ccc(OC)c(Cl)c1. The van der Waals surface area contributed by atoms with Crippen molar-refractivity contribution in [3.63, 3.8) is 0 Å². The number of nitrogens with one attached hydrogen (secondary N) is 1. The number of aromatic nitrogens is 1. The maximum atomic E-state index is 6.21. The standard InChI is InChI=1S/C15H16BrClN2O/c1-3-19-15(11-6-12(16)9-18-8-11)10-4-5-14(20-2)13(17)7-10/h4-9,15,19H,3H2,1-2H3. The predicted molar refractivity (Wildman–Crippen MR) is 85.5 cm³/mol. The molecule has 0 fully saturated rings. The van der Waals surface area contributed by atoms with Crippen LogP contribution in [0.1, 0.15) is 24.1 Å². The summed E-state index contributed by atoms with van der Waals surface area (Å²) in [6, 6.07) is 7.92. The Morgan fingerprint density at radius 1 is 1.30 bits per heavy atom. The van der Waals surface area contributed by atoms with Crippen LogP contribution in [0.2, 0.25) is 5.02 Å². The lowest BCUT2D eigenvalue weighted by Crippen LogP contribution is -2.22. The highest BCUT2D eigenvalue weighted by molar-refractivity contribution is 9.10. The fraction of sp³-hybridized carbons (Fsp3) is 0.267. The van der Waals surface area contributed by atoms with Crippen molar-refractivity contribution in [1.29, 1.82) is 0 Å². The molecule has 1 unspecified atom stereocenters. The minimum absolute atomic E-state index is 0.0495. The van der Waals surface area contributed by atoms with Gasteiger partial charge in [0.25, 0.3) is 0 Å². The van der Waals surface area contributed by atoms with Crippen LogP contribution in [0.15, 0.2) is 41.1 Å². The summed E-state index contributed by atoms with van der Waals surface area (Å²) < 4.78 is 6.15. The number of pyridine rings is 1. The summed E-state index contributed by atoms with van der Waals surface area (Å²) >= 11 is 9.67. The van der Waals surface area contributed by atoms with Gasteiger partial charge in [0.2, 0.25) is 0 Å². The zero-order valence-corrected chi connectivity index (χ0v) is 13.7. The Balaban J connectivity index is 2.40. The van der Waals surface area contributed by atoms with E-state index in [-0.39, 0.29) is 6.04 Å². The Morgan fingerprint density at radius 3 is 2.70 bits per heavy atom. The number of hydrogen-bond donors (Lipinski definition) is 1. The molecule has 0 aliphatic heterocycles. The van der Waals surface area contributed by atoms with Gasteiger partial charge >= 0.3 is 0 Å². The molecule has 0 aliphatic rings. The minimum Gasteiger partial charge on any atom is -0.495 e. The van der Waals surface area contributed by atoms with Gasteiger partial charge in [-0.2, -0.15) is 0 Å². The van der Waals surface area contributed by atoms with Crippen LogP contribution >= 0.6 is 27.5 Å². The lowest BCUT2D eigenvalue weighted by atomic mass is 10.00. The zero-order chi connectivity index (χ0) is 14.5. The fourth-order valence-corrected chi connectivity index (χ4v) is 2.73. The molecule has 1 atom stereocenters. The van der Waals surface area contributed by atoms with Crippen molar-refractivity contribution < 1.29 is 4.74 Å². The molecule has 5 heteroatoms. The molecule has 1 aromatic carbocycles. The van der Waals surface area contributed by atoms with E-state index in [0.29, 0.717) is 10.8 Å². The minimum atomic E-state index is 0.0495. The van der Waals surface area contributed by atoms with E-state index in [9.17, 15) is 0 Å². The van der Waals surface area contributed by atoms with Crippen molar-refractivity contribution in [3.8, 4) is 5.75 Å². The summed E-state index contributed by atoms with van der Waals surface area (Å²) in [7, 11) is 1.61. The van der Waals surface area contributed by atoms with Gasteiger partial charge in [0.05, 0.1) is 18.2 Å². The van der Waals surface area contributed by atoms with E-state index in [1.54, 1.807) is 13.3 Å². The maximum absolute atomic E-state index is 6.21. The van der Waals surface area contributed by atoms with Crippen molar-refractivity contribution in [3.05, 3.63) is 57.3 Å². The molecule has 106 valence electrons. The molecule has 0 saturated heterocycles. The first-order chi connectivity index (χ1) is 9.65. The second-order valence-corrected chi connectivity index (χ2v) is 5.64. The van der Waals surface area contributed by atoms with Crippen molar-refractivity contribution in [1.82, 2.24) is 10.3 Å². The van der Waals surface area contributed by atoms with Crippen LogP contribution in [0, 0.1) is 0 Å². The van der Waals surface area contributed by atoms with Crippen LogP contribution in [-0.2, 0) is 0 Å². The number of methoxy groups -OCH3 is 1. The molecule has 0 bridgehead atoms. The van der Waals surface area contributed by atoms with E-state index in [1.807, 2.05) is 24.4 Å². The molecule has 2 aromatic rings. The second-order valence-electron chi connectivity index (χ2n) is 4.32. The Morgan fingerprint density at radius 2 is 2.10 bits per heavy atom. The highest BCUT2D eigenvalue weighted by Gasteiger charge is 2.15. The summed E-state index contributed by atoms with van der Waals surface area (Å²) in [5, 5.41) is 4.05. The van der Waals surface area contributed by atoms with E-state index >= 15 is 0 Å². The Hall–Kier alpha value is -1.10. The molecule has 3 nitrogen and oxygen atoms in total. The van der Waals surface area contributed by atoms with Crippen molar-refractivity contribution >= 4 is 27.5 Å². The third-order valence-electron chi connectivity index (χ3n) is 2.98. The molecular formula is C15H16BrClN2O. The van der Waals surface area contributed by atoms with Gasteiger partial charge in [-0.1, -0.05) is 24.6 Å². The lowest BCUT2D eigenvalue weighted by Gasteiger charge is -2.19. The van der Waals surface area contributed by atoms with Crippen LogP contribution in [0.25, 0.3) is 0 Å². The fourth-order valence-electron chi connectivity index (χ4n) is 2.08. The molecule has 0 spiro atoms. The van der Waals surface area contributed by atoms with Gasteiger partial charge in [-0.3, -0.25) is 4.98 Å². The average Bonchev–Trinajstić information content (AvgIpc) is 2.44. The largest absolute Gasteiger partial charge is 0.495 e. The third-order valence-corrected chi connectivity index (χ3v) is 3.71. The average molecular weight is 356 g/mol. The highest BCUT2D eigenvalue weighted by Crippen LogP contribution is 2.30. The maximum Gasteiger partial charge on any atom is 0.137 e. The van der Waals surface area contributed by atoms with Gasteiger partial charge in [0.15, 0.2) is 0 Å². The van der Waals surface area contributed by atoms with Crippen LogP contribution < -0.4 is 10.1 Å². The van der Waals surface area contributed by atoms with E-state index < -0.39 is 0 Å². The Bertz CT molecular complexity index is 592. The van der Waals surface area contributed by atoms with E-state index in [4.69, 9.17) is 16.3 Å². The van der Waals surface area contributed by atoms with Gasteiger partial charge < -0.3 is 10.1 Å². The Kier molecular flexibility index (Phi) is 5.40. The summed E-state index contributed by atoms with van der Waals surface area (Å²) in [6.07, 6.45) is 3.63. The normalized spacial score (nSPS) is 12.2. The van der Waals surface area contributed by atoms with E-state index in [0.717, 1.165) is 22.1 Å². The molecule has 1 heterocycles. The predicted octanol–water partition coefficient (Wildman–Crippen LogP) is 4.21. The lowest BCUT2D eigenvalue weighted by molar-refractivity contribution is 0.414. The summed E-state index contributed by atoms with van der Waals surface area (Å²) in [5.74, 6) is 0.679.